The van der Waals surface area contributed by atoms with Crippen LogP contribution in [0.25, 0.3) is 0 Å². The van der Waals surface area contributed by atoms with Gasteiger partial charge >= 0.3 is 0 Å². The number of rotatable bonds is 7. The van der Waals surface area contributed by atoms with Gasteiger partial charge in [0.2, 0.25) is 0 Å². The van der Waals surface area contributed by atoms with Crippen LogP contribution in [0.15, 0.2) is 64.0 Å². The summed E-state index contributed by atoms with van der Waals surface area (Å²) in [6.45, 7) is 0.469. The summed E-state index contributed by atoms with van der Waals surface area (Å²) in [4.78, 5) is 24.5. The quantitative estimate of drug-likeness (QED) is 0.280. The van der Waals surface area contributed by atoms with E-state index in [2.05, 4.69) is 20.7 Å². The largest absolute Gasteiger partial charge is 0.495 e. The van der Waals surface area contributed by atoms with Gasteiger partial charge in [-0.05, 0) is 60.7 Å². The van der Waals surface area contributed by atoms with E-state index in [0.717, 1.165) is 30.3 Å². The SMILES string of the molecule is COc1ccc([N+](=O)[O-])cc1NS(=O)(=O)c1ccc(F)c(C(=O)N2CCC(c3ccc(Br)cc3F)CC2)c1. The van der Waals surface area contributed by atoms with Crippen LogP contribution in [-0.4, -0.2) is 44.3 Å². The molecule has 1 heterocycles. The molecule has 4 rings (SSSR count). The molecule has 1 amide bonds. The third kappa shape index (κ3) is 5.78. The maximum Gasteiger partial charge on any atom is 0.271 e. The smallest absolute Gasteiger partial charge is 0.271 e. The number of likely N-dealkylation sites (tertiary alicyclic amines) is 1. The number of carbonyl (C=O) groups is 1. The van der Waals surface area contributed by atoms with Crippen molar-refractivity contribution in [1.82, 2.24) is 4.90 Å². The van der Waals surface area contributed by atoms with Crippen molar-refractivity contribution in [2.24, 2.45) is 0 Å². The van der Waals surface area contributed by atoms with Crippen molar-refractivity contribution >= 4 is 43.2 Å². The number of halogens is 3. The number of non-ortho nitro benzene ring substituents is 1. The minimum absolute atomic E-state index is 0.0302. The number of amides is 1. The number of hydrogen-bond donors (Lipinski definition) is 1. The molecular formula is C25H22BrF2N3O6S. The number of nitrogens with zero attached hydrogens (tertiary/aromatic N) is 2. The molecule has 3 aromatic rings. The first-order valence-corrected chi connectivity index (χ1v) is 13.7. The van der Waals surface area contributed by atoms with E-state index >= 15 is 0 Å². The van der Waals surface area contributed by atoms with Crippen LogP contribution in [0.4, 0.5) is 20.2 Å². The Morgan fingerprint density at radius 1 is 1.08 bits per heavy atom. The summed E-state index contributed by atoms with van der Waals surface area (Å²) in [6, 6.07) is 11.0. The second-order valence-corrected chi connectivity index (χ2v) is 11.2. The minimum atomic E-state index is -4.38. The average molecular weight is 610 g/mol. The van der Waals surface area contributed by atoms with Gasteiger partial charge in [-0.15, -0.1) is 0 Å². The Balaban J connectivity index is 1.54. The van der Waals surface area contributed by atoms with Crippen molar-refractivity contribution in [2.75, 3.05) is 24.9 Å². The van der Waals surface area contributed by atoms with Crippen LogP contribution in [0.3, 0.4) is 0 Å². The Hall–Kier alpha value is -3.58. The van der Waals surface area contributed by atoms with E-state index < -0.39 is 37.1 Å². The molecule has 0 atom stereocenters. The van der Waals surface area contributed by atoms with Crippen LogP contribution in [0, 0.1) is 21.7 Å². The summed E-state index contributed by atoms with van der Waals surface area (Å²) >= 11 is 3.23. The summed E-state index contributed by atoms with van der Waals surface area (Å²) in [5.41, 5.74) is -0.458. The van der Waals surface area contributed by atoms with Crippen molar-refractivity contribution < 1.29 is 31.7 Å². The van der Waals surface area contributed by atoms with Gasteiger partial charge in [-0.1, -0.05) is 22.0 Å². The molecule has 13 heteroatoms. The Morgan fingerprint density at radius 2 is 1.79 bits per heavy atom. The number of nitro benzene ring substituents is 1. The normalized spacial score (nSPS) is 14.3. The van der Waals surface area contributed by atoms with Gasteiger partial charge in [-0.3, -0.25) is 19.6 Å². The minimum Gasteiger partial charge on any atom is -0.495 e. The van der Waals surface area contributed by atoms with E-state index in [-0.39, 0.29) is 41.9 Å². The number of piperidine rings is 1. The van der Waals surface area contributed by atoms with E-state index in [1.807, 2.05) is 0 Å². The average Bonchev–Trinajstić information content (AvgIpc) is 2.88. The van der Waals surface area contributed by atoms with E-state index in [1.165, 1.54) is 24.1 Å². The maximum atomic E-state index is 14.7. The monoisotopic (exact) mass is 609 g/mol. The molecule has 1 aliphatic rings. The van der Waals surface area contributed by atoms with Crippen LogP contribution in [0.5, 0.6) is 5.75 Å². The zero-order chi connectivity index (χ0) is 27.6. The molecule has 3 aromatic carbocycles. The molecule has 0 saturated carbocycles. The number of anilines is 1. The fourth-order valence-corrected chi connectivity index (χ4v) is 5.75. The van der Waals surface area contributed by atoms with Gasteiger partial charge in [-0.2, -0.15) is 0 Å². The molecule has 0 bridgehead atoms. The molecule has 38 heavy (non-hydrogen) atoms. The number of carbonyl (C=O) groups excluding carboxylic acids is 1. The number of hydrogen-bond acceptors (Lipinski definition) is 6. The molecule has 9 nitrogen and oxygen atoms in total. The van der Waals surface area contributed by atoms with E-state index in [1.54, 1.807) is 12.1 Å². The van der Waals surface area contributed by atoms with Crippen LogP contribution >= 0.6 is 15.9 Å². The summed E-state index contributed by atoms with van der Waals surface area (Å²) in [5, 5.41) is 11.1. The molecule has 0 aromatic heterocycles. The van der Waals surface area contributed by atoms with Crippen LogP contribution in [0.1, 0.15) is 34.7 Å². The Bertz CT molecular complexity index is 1510. The van der Waals surface area contributed by atoms with Crippen molar-refractivity contribution in [1.29, 1.82) is 0 Å². The number of ether oxygens (including phenoxy) is 1. The molecule has 0 spiro atoms. The van der Waals surface area contributed by atoms with Crippen LogP contribution < -0.4 is 9.46 Å². The highest BCUT2D eigenvalue weighted by Crippen LogP contribution is 2.33. The third-order valence-corrected chi connectivity index (χ3v) is 8.16. The number of methoxy groups -OCH3 is 1. The van der Waals surface area contributed by atoms with Crippen LogP contribution in [0.2, 0.25) is 0 Å². The number of benzene rings is 3. The molecule has 200 valence electrons. The standard InChI is InChI=1S/C25H22BrF2N3O6S/c1-37-24-7-3-17(31(33)34)13-23(24)29-38(35,36)18-4-6-21(27)20(14-18)25(32)30-10-8-15(9-11-30)19-5-2-16(26)12-22(19)28/h2-7,12-15,29H,8-11H2,1H3. The van der Waals surface area contributed by atoms with Gasteiger partial charge in [0.05, 0.1) is 28.2 Å². The second kappa shape index (κ2) is 11.0. The molecule has 1 fully saturated rings. The first-order valence-electron chi connectivity index (χ1n) is 11.4. The van der Waals surface area contributed by atoms with E-state index in [9.17, 15) is 32.1 Å². The van der Waals surface area contributed by atoms with E-state index in [0.29, 0.717) is 22.9 Å². The molecular weight excluding hydrogens is 588 g/mol. The first kappa shape index (κ1) is 27.5. The Labute approximate surface area is 225 Å². The second-order valence-electron chi connectivity index (χ2n) is 8.62. The number of nitrogens with one attached hydrogen (secondary N) is 1. The third-order valence-electron chi connectivity index (χ3n) is 6.30. The highest BCUT2D eigenvalue weighted by molar-refractivity contribution is 9.10. The topological polar surface area (TPSA) is 119 Å². The molecule has 1 aliphatic heterocycles. The molecule has 0 aliphatic carbocycles. The Kier molecular flexibility index (Phi) is 7.97. The molecule has 0 radical (unpaired) electrons. The van der Waals surface area contributed by atoms with Gasteiger partial charge in [0, 0.05) is 29.7 Å². The van der Waals surface area contributed by atoms with Gasteiger partial charge in [0.25, 0.3) is 21.6 Å². The zero-order valence-electron chi connectivity index (χ0n) is 20.0. The number of sulfonamides is 1. The summed E-state index contributed by atoms with van der Waals surface area (Å²) in [6.07, 6.45) is 0.913. The highest BCUT2D eigenvalue weighted by Gasteiger charge is 2.29. The van der Waals surface area contributed by atoms with Crippen LogP contribution in [-0.2, 0) is 10.0 Å². The summed E-state index contributed by atoms with van der Waals surface area (Å²) in [5.74, 6) is -2.02. The summed E-state index contributed by atoms with van der Waals surface area (Å²) < 4.78 is 63.0. The van der Waals surface area contributed by atoms with Gasteiger partial charge in [0.1, 0.15) is 17.4 Å². The van der Waals surface area contributed by atoms with Gasteiger partial charge in [-0.25, -0.2) is 17.2 Å². The molecule has 1 N–H and O–H groups in total. The molecule has 1 saturated heterocycles. The fraction of sp³-hybridized carbons (Fsp3) is 0.240. The molecule has 0 unspecified atom stereocenters. The van der Waals surface area contributed by atoms with Gasteiger partial charge in [0.15, 0.2) is 0 Å². The lowest BCUT2D eigenvalue weighted by atomic mass is 9.89. The summed E-state index contributed by atoms with van der Waals surface area (Å²) in [7, 11) is -3.11. The number of nitro groups is 1. The lowest BCUT2D eigenvalue weighted by molar-refractivity contribution is -0.384. The predicted octanol–water partition coefficient (Wildman–Crippen LogP) is 5.46. The van der Waals surface area contributed by atoms with Crippen molar-refractivity contribution in [2.45, 2.75) is 23.7 Å². The zero-order valence-corrected chi connectivity index (χ0v) is 22.4. The van der Waals surface area contributed by atoms with Crippen molar-refractivity contribution in [3.63, 3.8) is 0 Å². The van der Waals surface area contributed by atoms with Gasteiger partial charge < -0.3 is 9.64 Å². The highest BCUT2D eigenvalue weighted by atomic mass is 79.9. The van der Waals surface area contributed by atoms with E-state index in [4.69, 9.17) is 4.74 Å². The lowest BCUT2D eigenvalue weighted by Gasteiger charge is -2.32. The maximum absolute atomic E-state index is 14.7. The lowest BCUT2D eigenvalue weighted by Crippen LogP contribution is -2.38. The Morgan fingerprint density at radius 3 is 2.42 bits per heavy atom. The fourth-order valence-electron chi connectivity index (χ4n) is 4.32. The van der Waals surface area contributed by atoms with Crippen molar-refractivity contribution in [3.05, 3.63) is 91.9 Å². The van der Waals surface area contributed by atoms with Crippen molar-refractivity contribution in [3.8, 4) is 5.75 Å². The first-order chi connectivity index (χ1) is 18.0. The predicted molar refractivity (Wildman–Crippen MR) is 139 cm³/mol.